The molecule has 0 N–H and O–H groups in total. The Labute approximate surface area is 124 Å². The molecule has 0 fully saturated rings. The largest absolute Gasteiger partial charge is 0.478 e. The predicted molar refractivity (Wildman–Crippen MR) is 77.9 cm³/mol. The predicted octanol–water partition coefficient (Wildman–Crippen LogP) is 1.95. The summed E-state index contributed by atoms with van der Waals surface area (Å²) in [4.78, 5) is 5.80. The standard InChI is InChI=1S/C14H21N5O2/c1-3-19-17-14(16-18-19)12-7-8-13(15-11-12)21-10-6-4-5-9-20-2/h7-8,11H,3-6,9-10H2,1-2H3. The lowest BCUT2D eigenvalue weighted by atomic mass is 10.2. The van der Waals surface area contributed by atoms with E-state index < -0.39 is 0 Å². The molecule has 0 saturated carbocycles. The first-order valence-corrected chi connectivity index (χ1v) is 7.19. The van der Waals surface area contributed by atoms with E-state index in [0.29, 0.717) is 24.9 Å². The van der Waals surface area contributed by atoms with E-state index in [-0.39, 0.29) is 0 Å². The summed E-state index contributed by atoms with van der Waals surface area (Å²) in [7, 11) is 1.72. The van der Waals surface area contributed by atoms with Gasteiger partial charge in [-0.3, -0.25) is 0 Å². The summed E-state index contributed by atoms with van der Waals surface area (Å²) in [6.45, 7) is 4.14. The van der Waals surface area contributed by atoms with Gasteiger partial charge in [-0.2, -0.15) is 4.80 Å². The highest BCUT2D eigenvalue weighted by atomic mass is 16.5. The van der Waals surface area contributed by atoms with Crippen LogP contribution in [0.25, 0.3) is 11.4 Å². The van der Waals surface area contributed by atoms with E-state index >= 15 is 0 Å². The van der Waals surface area contributed by atoms with Gasteiger partial charge in [-0.15, -0.1) is 10.2 Å². The van der Waals surface area contributed by atoms with Gasteiger partial charge < -0.3 is 9.47 Å². The number of unbranched alkanes of at least 4 members (excludes halogenated alkanes) is 2. The Hall–Kier alpha value is -2.02. The van der Waals surface area contributed by atoms with Gasteiger partial charge in [-0.25, -0.2) is 4.98 Å². The maximum absolute atomic E-state index is 5.59. The molecule has 0 aliphatic rings. The smallest absolute Gasteiger partial charge is 0.213 e. The van der Waals surface area contributed by atoms with Crippen LogP contribution < -0.4 is 4.74 Å². The van der Waals surface area contributed by atoms with Crippen LogP contribution in [0.3, 0.4) is 0 Å². The Balaban J connectivity index is 1.79. The van der Waals surface area contributed by atoms with Crippen LogP contribution in [0.2, 0.25) is 0 Å². The molecular weight excluding hydrogens is 270 g/mol. The summed E-state index contributed by atoms with van der Waals surface area (Å²) >= 11 is 0. The first-order chi connectivity index (χ1) is 10.3. The first-order valence-electron chi connectivity index (χ1n) is 7.19. The molecule has 0 aliphatic carbocycles. The molecule has 2 heterocycles. The van der Waals surface area contributed by atoms with E-state index in [2.05, 4.69) is 20.4 Å². The van der Waals surface area contributed by atoms with Gasteiger partial charge in [0.25, 0.3) is 0 Å². The van der Waals surface area contributed by atoms with Crippen molar-refractivity contribution in [2.24, 2.45) is 0 Å². The molecule has 0 aromatic carbocycles. The number of nitrogens with zero attached hydrogens (tertiary/aromatic N) is 5. The Morgan fingerprint density at radius 2 is 2.00 bits per heavy atom. The third kappa shape index (κ3) is 4.78. The highest BCUT2D eigenvalue weighted by molar-refractivity contribution is 5.52. The van der Waals surface area contributed by atoms with Gasteiger partial charge in [0.05, 0.1) is 13.2 Å². The number of pyridine rings is 1. The van der Waals surface area contributed by atoms with E-state index in [1.165, 1.54) is 0 Å². The van der Waals surface area contributed by atoms with Gasteiger partial charge in [0.15, 0.2) is 0 Å². The topological polar surface area (TPSA) is 75.0 Å². The number of tetrazole rings is 1. The molecule has 114 valence electrons. The second-order valence-electron chi connectivity index (χ2n) is 4.59. The number of rotatable bonds is 9. The van der Waals surface area contributed by atoms with E-state index in [4.69, 9.17) is 9.47 Å². The van der Waals surface area contributed by atoms with E-state index in [9.17, 15) is 0 Å². The van der Waals surface area contributed by atoms with Gasteiger partial charge in [0.2, 0.25) is 11.7 Å². The molecule has 0 amide bonds. The molecule has 0 spiro atoms. The zero-order valence-electron chi connectivity index (χ0n) is 12.5. The summed E-state index contributed by atoms with van der Waals surface area (Å²) in [6, 6.07) is 3.72. The van der Waals surface area contributed by atoms with E-state index in [1.54, 1.807) is 18.1 Å². The van der Waals surface area contributed by atoms with Crippen molar-refractivity contribution in [1.29, 1.82) is 0 Å². The van der Waals surface area contributed by atoms with Crippen molar-refractivity contribution in [3.63, 3.8) is 0 Å². The third-order valence-corrected chi connectivity index (χ3v) is 2.97. The molecule has 2 rings (SSSR count). The quantitative estimate of drug-likeness (QED) is 0.657. The van der Waals surface area contributed by atoms with Crippen molar-refractivity contribution in [1.82, 2.24) is 25.2 Å². The molecule has 0 unspecified atom stereocenters. The van der Waals surface area contributed by atoms with Crippen LogP contribution in [0, 0.1) is 0 Å². The summed E-state index contributed by atoms with van der Waals surface area (Å²) < 4.78 is 10.6. The van der Waals surface area contributed by atoms with Crippen LogP contribution in [-0.2, 0) is 11.3 Å². The minimum atomic E-state index is 0.579. The number of aromatic nitrogens is 5. The highest BCUT2D eigenvalue weighted by Crippen LogP contribution is 2.15. The van der Waals surface area contributed by atoms with E-state index in [1.807, 2.05) is 19.1 Å². The number of ether oxygens (including phenoxy) is 2. The van der Waals surface area contributed by atoms with Crippen LogP contribution in [0.5, 0.6) is 5.88 Å². The number of hydrogen-bond donors (Lipinski definition) is 0. The Bertz CT molecular complexity index is 526. The minimum Gasteiger partial charge on any atom is -0.478 e. The average molecular weight is 291 g/mol. The zero-order chi connectivity index (χ0) is 14.9. The fourth-order valence-corrected chi connectivity index (χ4v) is 1.79. The molecule has 0 radical (unpaired) electrons. The van der Waals surface area contributed by atoms with Gasteiger partial charge in [-0.1, -0.05) is 0 Å². The molecular formula is C14H21N5O2. The SMILES string of the molecule is CCn1nnc(-c2ccc(OCCCCCOC)nc2)n1. The van der Waals surface area contributed by atoms with Gasteiger partial charge in [-0.05, 0) is 37.5 Å². The molecule has 0 saturated heterocycles. The van der Waals surface area contributed by atoms with Crippen LogP contribution in [0.1, 0.15) is 26.2 Å². The molecule has 7 nitrogen and oxygen atoms in total. The second-order valence-corrected chi connectivity index (χ2v) is 4.59. The lowest BCUT2D eigenvalue weighted by molar-refractivity contribution is 0.189. The van der Waals surface area contributed by atoms with Gasteiger partial charge >= 0.3 is 0 Å². The lowest BCUT2D eigenvalue weighted by Crippen LogP contribution is -2.00. The molecule has 2 aromatic heterocycles. The zero-order valence-corrected chi connectivity index (χ0v) is 12.5. The fourth-order valence-electron chi connectivity index (χ4n) is 1.79. The Morgan fingerprint density at radius 1 is 1.14 bits per heavy atom. The van der Waals surface area contributed by atoms with Gasteiger partial charge in [0, 0.05) is 31.5 Å². The maximum Gasteiger partial charge on any atom is 0.213 e. The molecule has 21 heavy (non-hydrogen) atoms. The highest BCUT2D eigenvalue weighted by Gasteiger charge is 2.06. The summed E-state index contributed by atoms with van der Waals surface area (Å²) in [5, 5.41) is 12.1. The lowest BCUT2D eigenvalue weighted by Gasteiger charge is -2.05. The van der Waals surface area contributed by atoms with Crippen LogP contribution in [0.4, 0.5) is 0 Å². The normalized spacial score (nSPS) is 10.8. The molecule has 7 heteroatoms. The first kappa shape index (κ1) is 15.4. The summed E-state index contributed by atoms with van der Waals surface area (Å²) in [6.07, 6.45) is 4.86. The van der Waals surface area contributed by atoms with E-state index in [0.717, 1.165) is 31.4 Å². The van der Waals surface area contributed by atoms with Crippen molar-refractivity contribution in [3.05, 3.63) is 18.3 Å². The third-order valence-electron chi connectivity index (χ3n) is 2.97. The molecule has 0 aliphatic heterocycles. The molecule has 0 bridgehead atoms. The number of hydrogen-bond acceptors (Lipinski definition) is 6. The average Bonchev–Trinajstić information content (AvgIpc) is 3.00. The van der Waals surface area contributed by atoms with Crippen molar-refractivity contribution in [2.45, 2.75) is 32.7 Å². The molecule has 0 atom stereocenters. The molecule has 2 aromatic rings. The minimum absolute atomic E-state index is 0.579. The second kappa shape index (κ2) is 8.31. The van der Waals surface area contributed by atoms with Crippen molar-refractivity contribution < 1.29 is 9.47 Å². The Morgan fingerprint density at radius 3 is 2.67 bits per heavy atom. The Kier molecular flexibility index (Phi) is 6.08. The monoisotopic (exact) mass is 291 g/mol. The summed E-state index contributed by atoms with van der Waals surface area (Å²) in [5.74, 6) is 1.20. The fraction of sp³-hybridized carbons (Fsp3) is 0.571. The van der Waals surface area contributed by atoms with Crippen LogP contribution >= 0.6 is 0 Å². The number of methoxy groups -OCH3 is 1. The van der Waals surface area contributed by atoms with Crippen LogP contribution in [0.15, 0.2) is 18.3 Å². The summed E-state index contributed by atoms with van der Waals surface area (Å²) in [5.41, 5.74) is 0.835. The van der Waals surface area contributed by atoms with Crippen LogP contribution in [-0.4, -0.2) is 45.5 Å². The maximum atomic E-state index is 5.59. The van der Waals surface area contributed by atoms with Crippen molar-refractivity contribution in [3.8, 4) is 17.3 Å². The number of aryl methyl sites for hydroxylation is 1. The van der Waals surface area contributed by atoms with Gasteiger partial charge in [0.1, 0.15) is 0 Å². The van der Waals surface area contributed by atoms with Crippen molar-refractivity contribution in [2.75, 3.05) is 20.3 Å². The van der Waals surface area contributed by atoms with Crippen molar-refractivity contribution >= 4 is 0 Å².